The molecule has 0 spiro atoms. The lowest BCUT2D eigenvalue weighted by Crippen LogP contribution is -2.47. The Balaban J connectivity index is 1.61. The van der Waals surface area contributed by atoms with Crippen molar-refractivity contribution in [3.8, 4) is 5.75 Å². The van der Waals surface area contributed by atoms with Crippen LogP contribution in [0.15, 0.2) is 18.2 Å². The van der Waals surface area contributed by atoms with Crippen LogP contribution in [0.3, 0.4) is 0 Å². The molecule has 1 aromatic rings. The number of benzene rings is 1. The lowest BCUT2D eigenvalue weighted by molar-refractivity contribution is -0.127. The normalized spacial score (nSPS) is 16.2. The molecule has 2 fully saturated rings. The molecule has 0 saturated carbocycles. The zero-order valence-corrected chi connectivity index (χ0v) is 23.0. The summed E-state index contributed by atoms with van der Waals surface area (Å²) in [4.78, 5) is 50.7. The molecule has 0 radical (unpaired) electrons. The summed E-state index contributed by atoms with van der Waals surface area (Å²) in [6.45, 7) is 5.68. The Morgan fingerprint density at radius 1 is 0.692 bits per heavy atom. The second-order valence-electron chi connectivity index (χ2n) is 10.3. The van der Waals surface area contributed by atoms with E-state index in [1.807, 2.05) is 0 Å². The molecule has 216 valence electrons. The van der Waals surface area contributed by atoms with Crippen molar-refractivity contribution in [1.82, 2.24) is 32.3 Å². The van der Waals surface area contributed by atoms with Crippen LogP contribution in [0.2, 0.25) is 0 Å². The van der Waals surface area contributed by atoms with E-state index in [1.165, 1.54) is 25.3 Å². The number of hydrazine groups is 2. The molecule has 2 saturated heterocycles. The van der Waals surface area contributed by atoms with Crippen molar-refractivity contribution in [1.29, 1.82) is 0 Å². The summed E-state index contributed by atoms with van der Waals surface area (Å²) in [7, 11) is 0. The van der Waals surface area contributed by atoms with Crippen molar-refractivity contribution in [2.24, 2.45) is 11.8 Å². The highest BCUT2D eigenvalue weighted by molar-refractivity contribution is 6.01. The lowest BCUT2D eigenvalue weighted by Gasteiger charge is -2.22. The highest BCUT2D eigenvalue weighted by atomic mass is 16.5. The van der Waals surface area contributed by atoms with Crippen LogP contribution in [0, 0.1) is 11.8 Å². The molecule has 0 aliphatic carbocycles. The van der Waals surface area contributed by atoms with E-state index in [-0.39, 0.29) is 34.8 Å². The molecule has 2 aliphatic heterocycles. The van der Waals surface area contributed by atoms with Crippen molar-refractivity contribution < 1.29 is 23.9 Å². The topological polar surface area (TPSA) is 150 Å². The van der Waals surface area contributed by atoms with Crippen LogP contribution in [0.25, 0.3) is 0 Å². The van der Waals surface area contributed by atoms with Crippen molar-refractivity contribution in [3.63, 3.8) is 0 Å². The minimum Gasteiger partial charge on any atom is -0.494 e. The maximum Gasteiger partial charge on any atom is 0.269 e. The zero-order chi connectivity index (χ0) is 27.9. The summed E-state index contributed by atoms with van der Waals surface area (Å²) in [5, 5.41) is 6.41. The Labute approximate surface area is 230 Å². The second kappa shape index (κ2) is 16.7. The Kier molecular flexibility index (Phi) is 13.0. The number of rotatable bonds is 12. The maximum atomic E-state index is 12.9. The van der Waals surface area contributed by atoms with E-state index >= 15 is 0 Å². The summed E-state index contributed by atoms with van der Waals surface area (Å²) in [6, 6.07) is 4.51. The second-order valence-corrected chi connectivity index (χ2v) is 10.3. The highest BCUT2D eigenvalue weighted by Gasteiger charge is 2.23. The standard InChI is InChI=1S/C28H44N6O5/c1-2-3-4-5-6-7-16-39-24-18-22(27(37)33-31-25(35)20-8-12-29-13-9-20)17-23(19-24)28(38)34-32-26(36)21-10-14-30-15-11-21/h17-21,29-30H,2-16H2,1H3,(H,31,35)(H,32,36)(H,33,37)(H,34,38). The first-order valence-electron chi connectivity index (χ1n) is 14.4. The zero-order valence-electron chi connectivity index (χ0n) is 23.0. The number of hydrogen-bond donors (Lipinski definition) is 6. The van der Waals surface area contributed by atoms with Crippen LogP contribution >= 0.6 is 0 Å². The van der Waals surface area contributed by atoms with E-state index in [4.69, 9.17) is 4.74 Å². The molecule has 3 rings (SSSR count). The minimum absolute atomic E-state index is 0.163. The van der Waals surface area contributed by atoms with Gasteiger partial charge in [-0.2, -0.15) is 0 Å². The van der Waals surface area contributed by atoms with Gasteiger partial charge in [0.15, 0.2) is 0 Å². The fourth-order valence-corrected chi connectivity index (χ4v) is 4.77. The highest BCUT2D eigenvalue weighted by Crippen LogP contribution is 2.19. The number of piperidine rings is 2. The summed E-state index contributed by atoms with van der Waals surface area (Å²) < 4.78 is 5.89. The van der Waals surface area contributed by atoms with Gasteiger partial charge in [-0.1, -0.05) is 39.0 Å². The third kappa shape index (κ3) is 10.5. The molecule has 0 atom stereocenters. The van der Waals surface area contributed by atoms with Crippen molar-refractivity contribution in [2.45, 2.75) is 71.1 Å². The van der Waals surface area contributed by atoms with Crippen LogP contribution < -0.4 is 37.1 Å². The molecule has 6 N–H and O–H groups in total. The lowest BCUT2D eigenvalue weighted by atomic mass is 9.98. The van der Waals surface area contributed by atoms with Gasteiger partial charge in [0.25, 0.3) is 11.8 Å². The number of nitrogens with one attached hydrogen (secondary N) is 6. The van der Waals surface area contributed by atoms with Crippen LogP contribution in [0.1, 0.15) is 91.8 Å². The van der Waals surface area contributed by atoms with Gasteiger partial charge in [0.2, 0.25) is 11.8 Å². The molecule has 0 unspecified atom stereocenters. The number of ether oxygens (including phenoxy) is 1. The third-order valence-corrected chi connectivity index (χ3v) is 7.22. The molecule has 1 aromatic carbocycles. The first-order valence-corrected chi connectivity index (χ1v) is 14.4. The number of carbonyl (C=O) groups is 4. The predicted molar refractivity (Wildman–Crippen MR) is 148 cm³/mol. The van der Waals surface area contributed by atoms with Crippen molar-refractivity contribution >= 4 is 23.6 Å². The van der Waals surface area contributed by atoms with E-state index < -0.39 is 11.8 Å². The van der Waals surface area contributed by atoms with E-state index in [1.54, 1.807) is 12.1 Å². The number of amides is 4. The fraction of sp³-hybridized carbons (Fsp3) is 0.643. The summed E-state index contributed by atoms with van der Waals surface area (Å²) in [5.41, 5.74) is 10.2. The molecule has 11 nitrogen and oxygen atoms in total. The van der Waals surface area contributed by atoms with Gasteiger partial charge in [-0.3, -0.25) is 40.9 Å². The van der Waals surface area contributed by atoms with E-state index in [9.17, 15) is 19.2 Å². The van der Waals surface area contributed by atoms with Gasteiger partial charge in [-0.05, 0) is 76.5 Å². The average molecular weight is 545 g/mol. The Morgan fingerprint density at radius 3 is 1.64 bits per heavy atom. The maximum absolute atomic E-state index is 12.9. The largest absolute Gasteiger partial charge is 0.494 e. The van der Waals surface area contributed by atoms with Gasteiger partial charge in [-0.15, -0.1) is 0 Å². The number of hydrogen-bond acceptors (Lipinski definition) is 7. The molecular weight excluding hydrogens is 500 g/mol. The molecule has 39 heavy (non-hydrogen) atoms. The van der Waals surface area contributed by atoms with Crippen LogP contribution in [0.4, 0.5) is 0 Å². The van der Waals surface area contributed by atoms with E-state index in [0.717, 1.165) is 45.4 Å². The summed E-state index contributed by atoms with van der Waals surface area (Å²) in [5.74, 6) is -1.55. The first kappa shape index (κ1) is 30.4. The van der Waals surface area contributed by atoms with Crippen LogP contribution in [0.5, 0.6) is 5.75 Å². The fourth-order valence-electron chi connectivity index (χ4n) is 4.77. The molecule has 2 aliphatic rings. The van der Waals surface area contributed by atoms with Crippen LogP contribution in [-0.4, -0.2) is 56.4 Å². The number of carbonyl (C=O) groups excluding carboxylic acids is 4. The van der Waals surface area contributed by atoms with Gasteiger partial charge in [0.05, 0.1) is 6.61 Å². The van der Waals surface area contributed by atoms with Crippen LogP contribution in [-0.2, 0) is 9.59 Å². The molecule has 11 heteroatoms. The van der Waals surface area contributed by atoms with E-state index in [0.29, 0.717) is 38.0 Å². The van der Waals surface area contributed by atoms with Gasteiger partial charge in [0, 0.05) is 23.0 Å². The smallest absolute Gasteiger partial charge is 0.269 e. The van der Waals surface area contributed by atoms with Gasteiger partial charge in [-0.25, -0.2) is 0 Å². The Morgan fingerprint density at radius 2 is 1.15 bits per heavy atom. The van der Waals surface area contributed by atoms with Gasteiger partial charge in [0.1, 0.15) is 5.75 Å². The average Bonchev–Trinajstić information content (AvgIpc) is 2.98. The third-order valence-electron chi connectivity index (χ3n) is 7.22. The monoisotopic (exact) mass is 544 g/mol. The van der Waals surface area contributed by atoms with Crippen molar-refractivity contribution in [3.05, 3.63) is 29.3 Å². The molecule has 0 bridgehead atoms. The molecule has 2 heterocycles. The van der Waals surface area contributed by atoms with E-state index in [2.05, 4.69) is 39.3 Å². The van der Waals surface area contributed by atoms with Gasteiger partial charge < -0.3 is 15.4 Å². The van der Waals surface area contributed by atoms with Gasteiger partial charge >= 0.3 is 0 Å². The first-order chi connectivity index (χ1) is 19.0. The molecular formula is C28H44N6O5. The Bertz CT molecular complexity index is 896. The minimum atomic E-state index is -0.560. The quantitative estimate of drug-likeness (QED) is 0.174. The van der Waals surface area contributed by atoms with Crippen molar-refractivity contribution in [2.75, 3.05) is 32.8 Å². The molecule has 4 amide bonds. The Hall–Kier alpha value is -3.18. The molecule has 0 aromatic heterocycles. The summed E-state index contributed by atoms with van der Waals surface area (Å²) >= 11 is 0. The summed E-state index contributed by atoms with van der Waals surface area (Å²) in [6.07, 6.45) is 9.47. The predicted octanol–water partition coefficient (Wildman–Crippen LogP) is 1.95. The SMILES string of the molecule is CCCCCCCCOc1cc(C(=O)NNC(=O)C2CCNCC2)cc(C(=O)NNC(=O)C2CCNCC2)c1. The number of unbranched alkanes of at least 4 members (excludes halogenated alkanes) is 5.